The predicted octanol–water partition coefficient (Wildman–Crippen LogP) is 5.29. The van der Waals surface area contributed by atoms with Crippen LogP contribution >= 0.6 is 12.4 Å². The van der Waals surface area contributed by atoms with Crippen LogP contribution in [0, 0.1) is 16.7 Å². The van der Waals surface area contributed by atoms with Crippen molar-refractivity contribution in [2.75, 3.05) is 49.1 Å². The molecular weight excluding hydrogens is 572 g/mol. The molecule has 3 aromatic heterocycles. The van der Waals surface area contributed by atoms with Gasteiger partial charge in [-0.05, 0) is 69.0 Å². The molecule has 2 aliphatic rings. The first-order valence-corrected chi connectivity index (χ1v) is 15.4. The van der Waals surface area contributed by atoms with Crippen LogP contribution in [0.15, 0.2) is 61.1 Å². The molecule has 0 atom stereocenters. The fourth-order valence-corrected chi connectivity index (χ4v) is 6.42. The lowest BCUT2D eigenvalue weighted by atomic mass is 9.75. The lowest BCUT2D eigenvalue weighted by Crippen LogP contribution is -2.50. The number of pyridine rings is 2. The molecule has 0 aliphatic carbocycles. The van der Waals surface area contributed by atoms with Gasteiger partial charge in [0.15, 0.2) is 0 Å². The molecule has 2 fully saturated rings. The smallest absolute Gasteiger partial charge is 0.226 e. The molecule has 9 nitrogen and oxygen atoms in total. The SMILES string of the molecule is CCC1(C(=O)NC(C)C)CCN(c2ccc(-c3cc(-c4ccc(N5CCNCC5)cc4)cn4ncc(C#N)c34)cn2)CC1.Cl. The molecule has 44 heavy (non-hydrogen) atoms. The monoisotopic (exact) mass is 612 g/mol. The molecule has 2 aliphatic heterocycles. The number of fused-ring (bicyclic) bond motifs is 1. The highest BCUT2D eigenvalue weighted by molar-refractivity contribution is 5.88. The number of piperidine rings is 1. The lowest BCUT2D eigenvalue weighted by Gasteiger charge is -2.41. The number of carbonyl (C=O) groups excluding carboxylic acids is 1. The number of nitriles is 1. The Labute approximate surface area is 265 Å². The number of nitrogens with zero attached hydrogens (tertiary/aromatic N) is 6. The van der Waals surface area contributed by atoms with E-state index in [0.29, 0.717) is 5.56 Å². The van der Waals surface area contributed by atoms with Gasteiger partial charge in [0.1, 0.15) is 11.9 Å². The summed E-state index contributed by atoms with van der Waals surface area (Å²) in [6.45, 7) is 11.7. The Morgan fingerprint density at radius 1 is 1.00 bits per heavy atom. The topological polar surface area (TPSA) is 102 Å². The van der Waals surface area contributed by atoms with E-state index < -0.39 is 0 Å². The highest BCUT2D eigenvalue weighted by Crippen LogP contribution is 2.37. The summed E-state index contributed by atoms with van der Waals surface area (Å²) < 4.78 is 1.80. The Bertz CT molecular complexity index is 1630. The van der Waals surface area contributed by atoms with Gasteiger partial charge in [0.05, 0.1) is 22.7 Å². The molecule has 2 N–H and O–H groups in total. The summed E-state index contributed by atoms with van der Waals surface area (Å²) in [6, 6.07) is 17.4. The summed E-state index contributed by atoms with van der Waals surface area (Å²) in [6.07, 6.45) is 7.96. The largest absolute Gasteiger partial charge is 0.369 e. The second kappa shape index (κ2) is 13.2. The Kier molecular flexibility index (Phi) is 9.42. The quantitative estimate of drug-likeness (QED) is 0.292. The number of nitrogens with one attached hydrogen (secondary N) is 2. The van der Waals surface area contributed by atoms with Gasteiger partial charge >= 0.3 is 0 Å². The van der Waals surface area contributed by atoms with Crippen molar-refractivity contribution < 1.29 is 4.79 Å². The molecule has 6 rings (SSSR count). The van der Waals surface area contributed by atoms with Crippen molar-refractivity contribution in [2.24, 2.45) is 5.41 Å². The van der Waals surface area contributed by atoms with E-state index in [9.17, 15) is 10.1 Å². The van der Waals surface area contributed by atoms with E-state index in [2.05, 4.69) is 81.0 Å². The minimum absolute atomic E-state index is 0. The van der Waals surface area contributed by atoms with Crippen LogP contribution in [0.4, 0.5) is 11.5 Å². The highest BCUT2D eigenvalue weighted by Gasteiger charge is 2.40. The summed E-state index contributed by atoms with van der Waals surface area (Å²) in [7, 11) is 0. The zero-order chi connectivity index (χ0) is 30.0. The van der Waals surface area contributed by atoms with Gasteiger partial charge in [-0.25, -0.2) is 9.50 Å². The summed E-state index contributed by atoms with van der Waals surface area (Å²) in [4.78, 5) is 22.5. The summed E-state index contributed by atoms with van der Waals surface area (Å²) in [5.41, 5.74) is 6.20. The van der Waals surface area contributed by atoms with E-state index >= 15 is 0 Å². The van der Waals surface area contributed by atoms with Crippen molar-refractivity contribution in [1.82, 2.24) is 25.2 Å². The molecule has 1 aromatic carbocycles. The first kappa shape index (κ1) is 31.3. The number of benzene rings is 1. The third kappa shape index (κ3) is 6.10. The number of carbonyl (C=O) groups is 1. The standard InChI is InChI=1S/C34H40N8O.ClH/c1-4-34(33(43)39-24(2)3)11-15-41(16-12-34)31-10-7-26(21-37-31)30-19-27(23-42-32(30)28(20-35)22-38-42)25-5-8-29(9-6-25)40-17-13-36-14-18-40;/h5-10,19,21-24,36H,4,11-18H2,1-3H3,(H,39,43);1H. The van der Waals surface area contributed by atoms with Crippen molar-refractivity contribution in [3.8, 4) is 28.3 Å². The Morgan fingerprint density at radius 3 is 2.32 bits per heavy atom. The molecule has 4 aromatic rings. The molecule has 2 saturated heterocycles. The fourth-order valence-electron chi connectivity index (χ4n) is 6.42. The number of aromatic nitrogens is 3. The van der Waals surface area contributed by atoms with Gasteiger partial charge in [-0.3, -0.25) is 4.79 Å². The average Bonchev–Trinajstić information content (AvgIpc) is 3.48. The van der Waals surface area contributed by atoms with Crippen LogP contribution in [0.25, 0.3) is 27.8 Å². The predicted molar refractivity (Wildman–Crippen MR) is 178 cm³/mol. The Morgan fingerprint density at radius 2 is 1.70 bits per heavy atom. The van der Waals surface area contributed by atoms with E-state index in [1.165, 1.54) is 5.69 Å². The first-order valence-electron chi connectivity index (χ1n) is 15.4. The van der Waals surface area contributed by atoms with E-state index in [-0.39, 0.29) is 29.8 Å². The third-order valence-electron chi connectivity index (χ3n) is 9.10. The third-order valence-corrected chi connectivity index (χ3v) is 9.10. The van der Waals surface area contributed by atoms with Gasteiger partial charge in [0.2, 0.25) is 5.91 Å². The van der Waals surface area contributed by atoms with E-state index in [1.54, 1.807) is 10.7 Å². The number of hydrogen-bond acceptors (Lipinski definition) is 7. The number of anilines is 2. The minimum atomic E-state index is -0.314. The molecule has 0 radical (unpaired) electrons. The van der Waals surface area contributed by atoms with Crippen LogP contribution in [-0.4, -0.2) is 65.8 Å². The van der Waals surface area contributed by atoms with Crippen LogP contribution in [0.3, 0.4) is 0 Å². The number of hydrogen-bond donors (Lipinski definition) is 2. The number of amides is 1. The minimum Gasteiger partial charge on any atom is -0.369 e. The van der Waals surface area contributed by atoms with Crippen LogP contribution in [0.5, 0.6) is 0 Å². The average molecular weight is 613 g/mol. The zero-order valence-corrected chi connectivity index (χ0v) is 26.5. The molecule has 0 bridgehead atoms. The van der Waals surface area contributed by atoms with Gasteiger partial charge in [0.25, 0.3) is 0 Å². The molecular formula is C34H41ClN8O. The van der Waals surface area contributed by atoms with E-state index in [0.717, 1.165) is 92.1 Å². The highest BCUT2D eigenvalue weighted by atomic mass is 35.5. The van der Waals surface area contributed by atoms with E-state index in [4.69, 9.17) is 4.98 Å². The summed E-state index contributed by atoms with van der Waals surface area (Å²) in [5, 5.41) is 20.9. The Balaban J connectivity index is 0.00000384. The molecule has 10 heteroatoms. The molecule has 1 amide bonds. The van der Waals surface area contributed by atoms with Gasteiger partial charge < -0.3 is 20.4 Å². The maximum atomic E-state index is 13.0. The van der Waals surface area contributed by atoms with Crippen molar-refractivity contribution in [3.63, 3.8) is 0 Å². The van der Waals surface area contributed by atoms with E-state index in [1.807, 2.05) is 26.2 Å². The second-order valence-corrected chi connectivity index (χ2v) is 12.0. The maximum absolute atomic E-state index is 13.0. The van der Waals surface area contributed by atoms with Gasteiger partial charge in [0, 0.05) is 80.1 Å². The summed E-state index contributed by atoms with van der Waals surface area (Å²) >= 11 is 0. The number of halogens is 1. The molecule has 5 heterocycles. The molecule has 230 valence electrons. The van der Waals surface area contributed by atoms with Crippen molar-refractivity contribution in [1.29, 1.82) is 5.26 Å². The lowest BCUT2D eigenvalue weighted by molar-refractivity contribution is -0.133. The maximum Gasteiger partial charge on any atom is 0.226 e. The Hall–Kier alpha value is -4.13. The van der Waals surface area contributed by atoms with Crippen LogP contribution in [-0.2, 0) is 4.79 Å². The number of rotatable bonds is 7. The molecule has 0 unspecified atom stereocenters. The normalized spacial score (nSPS) is 16.4. The fraction of sp³-hybridized carbons (Fsp3) is 0.412. The van der Waals surface area contributed by atoms with Crippen LogP contribution in [0.2, 0.25) is 0 Å². The van der Waals surface area contributed by atoms with Crippen molar-refractivity contribution in [2.45, 2.75) is 46.1 Å². The zero-order valence-electron chi connectivity index (χ0n) is 25.7. The van der Waals surface area contributed by atoms with Crippen molar-refractivity contribution >= 4 is 35.3 Å². The number of piperazine rings is 1. The molecule has 0 spiro atoms. The van der Waals surface area contributed by atoms with Crippen LogP contribution < -0.4 is 20.4 Å². The second-order valence-electron chi connectivity index (χ2n) is 12.0. The summed E-state index contributed by atoms with van der Waals surface area (Å²) in [5.74, 6) is 1.08. The van der Waals surface area contributed by atoms with Crippen molar-refractivity contribution in [3.05, 3.63) is 66.6 Å². The molecule has 0 saturated carbocycles. The van der Waals surface area contributed by atoms with Gasteiger partial charge in [-0.1, -0.05) is 19.1 Å². The van der Waals surface area contributed by atoms with Gasteiger partial charge in [-0.2, -0.15) is 10.4 Å². The van der Waals surface area contributed by atoms with Gasteiger partial charge in [-0.15, -0.1) is 12.4 Å². The first-order chi connectivity index (χ1) is 20.9. The van der Waals surface area contributed by atoms with Crippen LogP contribution in [0.1, 0.15) is 45.6 Å².